The number of benzene rings is 2. The monoisotopic (exact) mass is 276 g/mol. The highest BCUT2D eigenvalue weighted by molar-refractivity contribution is 6.31. The molecule has 1 unspecified atom stereocenters. The molecule has 2 aromatic rings. The summed E-state index contributed by atoms with van der Waals surface area (Å²) in [4.78, 5) is 0. The molecule has 0 aliphatic heterocycles. The van der Waals surface area contributed by atoms with E-state index in [0.29, 0.717) is 11.6 Å². The summed E-state index contributed by atoms with van der Waals surface area (Å²) in [5.41, 5.74) is 7.74. The van der Waals surface area contributed by atoms with Gasteiger partial charge < -0.3 is 15.8 Å². The molecule has 0 aliphatic rings. The van der Waals surface area contributed by atoms with E-state index in [9.17, 15) is 0 Å². The maximum Gasteiger partial charge on any atom is 0.141 e. The van der Waals surface area contributed by atoms with Crippen LogP contribution < -0.4 is 15.8 Å². The average Bonchev–Trinajstić information content (AvgIpc) is 2.46. The second-order valence-corrected chi connectivity index (χ2v) is 4.56. The van der Waals surface area contributed by atoms with Gasteiger partial charge in [-0.3, -0.25) is 0 Å². The van der Waals surface area contributed by atoms with Gasteiger partial charge in [0, 0.05) is 11.6 Å². The summed E-state index contributed by atoms with van der Waals surface area (Å²) < 4.78 is 5.32. The van der Waals surface area contributed by atoms with Crippen LogP contribution in [0.4, 0.5) is 5.69 Å². The molecule has 1 atom stereocenters. The molecule has 2 aromatic carbocycles. The van der Waals surface area contributed by atoms with Crippen molar-refractivity contribution in [3.05, 3.63) is 59.1 Å². The van der Waals surface area contributed by atoms with Gasteiger partial charge in [0.05, 0.1) is 18.8 Å². The molecule has 0 aromatic heterocycles. The fourth-order valence-electron chi connectivity index (χ4n) is 1.97. The Morgan fingerprint density at radius 2 is 1.84 bits per heavy atom. The summed E-state index contributed by atoms with van der Waals surface area (Å²) in [5.74, 6) is 0.785. The first-order valence-corrected chi connectivity index (χ1v) is 6.48. The van der Waals surface area contributed by atoms with Crippen molar-refractivity contribution >= 4 is 17.3 Å². The third-order valence-corrected chi connectivity index (χ3v) is 3.30. The minimum Gasteiger partial charge on any atom is -0.495 e. The Hall–Kier alpha value is -1.71. The van der Waals surface area contributed by atoms with Crippen molar-refractivity contribution in [3.8, 4) is 5.75 Å². The smallest absolute Gasteiger partial charge is 0.141 e. The van der Waals surface area contributed by atoms with Crippen molar-refractivity contribution in [3.63, 3.8) is 0 Å². The molecular formula is C15H17ClN2O. The second kappa shape index (κ2) is 6.45. The third kappa shape index (κ3) is 3.19. The Balaban J connectivity index is 2.27. The highest BCUT2D eigenvalue weighted by atomic mass is 35.5. The minimum atomic E-state index is -0.0509. The van der Waals surface area contributed by atoms with E-state index in [4.69, 9.17) is 22.1 Å². The number of hydrogen-bond donors (Lipinski definition) is 2. The van der Waals surface area contributed by atoms with Crippen molar-refractivity contribution < 1.29 is 4.74 Å². The van der Waals surface area contributed by atoms with Gasteiger partial charge in [-0.1, -0.05) is 41.9 Å². The molecule has 2 rings (SSSR count). The van der Waals surface area contributed by atoms with E-state index in [0.717, 1.165) is 17.0 Å². The predicted molar refractivity (Wildman–Crippen MR) is 79.9 cm³/mol. The van der Waals surface area contributed by atoms with Crippen LogP contribution in [0.5, 0.6) is 5.75 Å². The lowest BCUT2D eigenvalue weighted by molar-refractivity contribution is 0.416. The van der Waals surface area contributed by atoms with Gasteiger partial charge in [0.15, 0.2) is 0 Å². The van der Waals surface area contributed by atoms with E-state index < -0.39 is 0 Å². The number of anilines is 1. The largest absolute Gasteiger partial charge is 0.495 e. The quantitative estimate of drug-likeness (QED) is 0.879. The zero-order valence-electron chi connectivity index (χ0n) is 10.8. The van der Waals surface area contributed by atoms with Crippen LogP contribution in [-0.4, -0.2) is 13.7 Å². The lowest BCUT2D eigenvalue weighted by atomic mass is 10.1. The van der Waals surface area contributed by atoms with Crippen LogP contribution in [0, 0.1) is 0 Å². The highest BCUT2D eigenvalue weighted by Gasteiger charge is 2.14. The van der Waals surface area contributed by atoms with Gasteiger partial charge in [0.25, 0.3) is 0 Å². The van der Waals surface area contributed by atoms with Crippen LogP contribution in [0.2, 0.25) is 5.02 Å². The van der Waals surface area contributed by atoms with E-state index >= 15 is 0 Å². The van der Waals surface area contributed by atoms with Crippen LogP contribution in [0.25, 0.3) is 0 Å². The molecule has 0 heterocycles. The van der Waals surface area contributed by atoms with Crippen molar-refractivity contribution in [2.45, 2.75) is 6.04 Å². The fraction of sp³-hybridized carbons (Fsp3) is 0.200. The Morgan fingerprint density at radius 1 is 1.16 bits per heavy atom. The normalized spacial score (nSPS) is 11.9. The number of halogens is 1. The summed E-state index contributed by atoms with van der Waals surface area (Å²) >= 11 is 6.21. The topological polar surface area (TPSA) is 47.3 Å². The summed E-state index contributed by atoms with van der Waals surface area (Å²) in [6.07, 6.45) is 0. The zero-order valence-corrected chi connectivity index (χ0v) is 11.5. The molecular weight excluding hydrogens is 260 g/mol. The van der Waals surface area contributed by atoms with Gasteiger partial charge in [-0.2, -0.15) is 0 Å². The van der Waals surface area contributed by atoms with Crippen LogP contribution in [-0.2, 0) is 0 Å². The highest BCUT2D eigenvalue weighted by Crippen LogP contribution is 2.30. The molecule has 0 saturated heterocycles. The Morgan fingerprint density at radius 3 is 2.53 bits per heavy atom. The first-order valence-electron chi connectivity index (χ1n) is 6.10. The van der Waals surface area contributed by atoms with E-state index in [1.807, 2.05) is 48.5 Å². The van der Waals surface area contributed by atoms with Crippen LogP contribution in [0.15, 0.2) is 48.5 Å². The number of rotatable bonds is 5. The summed E-state index contributed by atoms with van der Waals surface area (Å²) in [5, 5.41) is 4.08. The van der Waals surface area contributed by atoms with E-state index in [1.54, 1.807) is 7.11 Å². The molecule has 19 heavy (non-hydrogen) atoms. The Bertz CT molecular complexity index is 545. The third-order valence-electron chi connectivity index (χ3n) is 2.95. The fourth-order valence-corrected chi connectivity index (χ4v) is 2.24. The van der Waals surface area contributed by atoms with E-state index in [-0.39, 0.29) is 6.04 Å². The summed E-state index contributed by atoms with van der Waals surface area (Å²) in [6.45, 7) is 0.446. The molecule has 0 aliphatic carbocycles. The van der Waals surface area contributed by atoms with Gasteiger partial charge in [-0.25, -0.2) is 0 Å². The van der Waals surface area contributed by atoms with Gasteiger partial charge in [-0.05, 0) is 23.8 Å². The Kier molecular flexibility index (Phi) is 4.66. The number of hydrogen-bond acceptors (Lipinski definition) is 3. The van der Waals surface area contributed by atoms with Crippen molar-refractivity contribution in [1.29, 1.82) is 0 Å². The van der Waals surface area contributed by atoms with Gasteiger partial charge in [0.2, 0.25) is 0 Å². The lowest BCUT2D eigenvalue weighted by Crippen LogP contribution is -2.21. The van der Waals surface area contributed by atoms with Crippen LogP contribution >= 0.6 is 11.6 Å². The number of ether oxygens (including phenoxy) is 1. The summed E-state index contributed by atoms with van der Waals surface area (Å²) in [6, 6.07) is 15.4. The number of methoxy groups -OCH3 is 1. The maximum absolute atomic E-state index is 6.21. The van der Waals surface area contributed by atoms with Crippen molar-refractivity contribution in [2.75, 3.05) is 19.0 Å². The molecule has 100 valence electrons. The average molecular weight is 277 g/mol. The number of nitrogens with two attached hydrogens (primary N) is 1. The van der Waals surface area contributed by atoms with Gasteiger partial charge in [0.1, 0.15) is 5.75 Å². The lowest BCUT2D eigenvalue weighted by Gasteiger charge is -2.21. The number of nitrogens with one attached hydrogen (secondary N) is 1. The molecule has 3 nitrogen and oxygen atoms in total. The molecule has 0 spiro atoms. The minimum absolute atomic E-state index is 0.0509. The molecule has 4 heteroatoms. The van der Waals surface area contributed by atoms with Gasteiger partial charge in [-0.15, -0.1) is 0 Å². The van der Waals surface area contributed by atoms with E-state index in [1.165, 1.54) is 0 Å². The summed E-state index contributed by atoms with van der Waals surface area (Å²) in [7, 11) is 1.65. The molecule has 0 saturated carbocycles. The molecule has 0 radical (unpaired) electrons. The molecule has 0 amide bonds. The molecule has 3 N–H and O–H groups in total. The zero-order chi connectivity index (χ0) is 13.7. The SMILES string of the molecule is COc1ccccc1NC(CN)c1ccccc1Cl. The predicted octanol–water partition coefficient (Wildman–Crippen LogP) is 3.46. The van der Waals surface area contributed by atoms with Crippen molar-refractivity contribution in [1.82, 2.24) is 0 Å². The van der Waals surface area contributed by atoms with Crippen LogP contribution in [0.1, 0.15) is 11.6 Å². The maximum atomic E-state index is 6.21. The standard InChI is InChI=1S/C15H17ClN2O/c1-19-15-9-5-4-8-13(15)18-14(10-17)11-6-2-3-7-12(11)16/h2-9,14,18H,10,17H2,1H3. The Labute approximate surface area is 118 Å². The van der Waals surface area contributed by atoms with E-state index in [2.05, 4.69) is 5.32 Å². The molecule has 0 bridgehead atoms. The number of para-hydroxylation sites is 2. The first-order chi connectivity index (χ1) is 9.26. The van der Waals surface area contributed by atoms with Crippen molar-refractivity contribution in [2.24, 2.45) is 5.73 Å². The second-order valence-electron chi connectivity index (χ2n) is 4.15. The molecule has 0 fully saturated rings. The van der Waals surface area contributed by atoms with Crippen LogP contribution in [0.3, 0.4) is 0 Å². The first kappa shape index (κ1) is 13.7. The van der Waals surface area contributed by atoms with Gasteiger partial charge >= 0.3 is 0 Å².